The monoisotopic (exact) mass is 228 g/mol. The van der Waals surface area contributed by atoms with Gasteiger partial charge in [0.25, 0.3) is 0 Å². The van der Waals surface area contributed by atoms with Crippen LogP contribution in [-0.2, 0) is 14.3 Å². The van der Waals surface area contributed by atoms with E-state index in [9.17, 15) is 9.59 Å². The van der Waals surface area contributed by atoms with E-state index < -0.39 is 11.8 Å². The smallest absolute Gasteiger partial charge is 0.344 e. The maximum Gasteiger partial charge on any atom is 0.344 e. The minimum atomic E-state index is -0.731. The number of hydrogen-bond donors (Lipinski definition) is 1. The molecule has 4 nitrogen and oxygen atoms in total. The highest BCUT2D eigenvalue weighted by Crippen LogP contribution is 2.04. The van der Waals surface area contributed by atoms with Crippen molar-refractivity contribution in [1.29, 1.82) is 0 Å². The average molecular weight is 228 g/mol. The Labute approximate surface area is 96.3 Å². The maximum atomic E-state index is 11.3. The molecule has 0 unspecified atom stereocenters. The van der Waals surface area contributed by atoms with Gasteiger partial charge in [0.05, 0.1) is 12.9 Å². The Kier molecular flexibility index (Phi) is 8.21. The highest BCUT2D eigenvalue weighted by atomic mass is 16.5. The second-order valence-electron chi connectivity index (χ2n) is 3.52. The van der Waals surface area contributed by atoms with Crippen LogP contribution < -0.4 is 0 Å². The first-order valence-electron chi connectivity index (χ1n) is 5.72. The van der Waals surface area contributed by atoms with Crippen LogP contribution in [0.2, 0.25) is 0 Å². The lowest BCUT2D eigenvalue weighted by Crippen LogP contribution is -2.16. The van der Waals surface area contributed by atoms with Crippen molar-refractivity contribution >= 4 is 11.8 Å². The SMILES string of the molecule is CCCCCCOC(=O)C(=CO)C(=O)CC. The van der Waals surface area contributed by atoms with Gasteiger partial charge >= 0.3 is 5.97 Å². The molecule has 0 aliphatic carbocycles. The van der Waals surface area contributed by atoms with Gasteiger partial charge in [-0.1, -0.05) is 33.1 Å². The Balaban J connectivity index is 3.91. The summed E-state index contributed by atoms with van der Waals surface area (Å²) in [6, 6.07) is 0. The van der Waals surface area contributed by atoms with Crippen molar-refractivity contribution in [2.45, 2.75) is 46.0 Å². The van der Waals surface area contributed by atoms with Crippen LogP contribution in [0.4, 0.5) is 0 Å². The van der Waals surface area contributed by atoms with Gasteiger partial charge in [0.2, 0.25) is 0 Å². The lowest BCUT2D eigenvalue weighted by atomic mass is 10.1. The molecule has 0 radical (unpaired) electrons. The summed E-state index contributed by atoms with van der Waals surface area (Å²) in [4.78, 5) is 22.5. The molecule has 0 rings (SSSR count). The number of Topliss-reactive ketones (excluding diaryl/α,β-unsaturated/α-hetero) is 1. The molecular formula is C12H20O4. The van der Waals surface area contributed by atoms with Gasteiger partial charge in [-0.15, -0.1) is 0 Å². The molecule has 1 N–H and O–H groups in total. The third kappa shape index (κ3) is 5.53. The summed E-state index contributed by atoms with van der Waals surface area (Å²) >= 11 is 0. The van der Waals surface area contributed by atoms with Crippen LogP contribution in [0.15, 0.2) is 11.8 Å². The molecule has 0 bridgehead atoms. The summed E-state index contributed by atoms with van der Waals surface area (Å²) in [6.45, 7) is 4.02. The van der Waals surface area contributed by atoms with Gasteiger partial charge in [-0.3, -0.25) is 4.79 Å². The fraction of sp³-hybridized carbons (Fsp3) is 0.667. The fourth-order valence-electron chi connectivity index (χ4n) is 1.20. The van der Waals surface area contributed by atoms with E-state index in [1.54, 1.807) is 6.92 Å². The molecule has 0 aromatic carbocycles. The molecule has 0 aliphatic heterocycles. The van der Waals surface area contributed by atoms with Gasteiger partial charge in [0, 0.05) is 6.42 Å². The molecular weight excluding hydrogens is 208 g/mol. The van der Waals surface area contributed by atoms with Gasteiger partial charge in [0.15, 0.2) is 5.78 Å². The van der Waals surface area contributed by atoms with Crippen molar-refractivity contribution in [3.63, 3.8) is 0 Å². The van der Waals surface area contributed by atoms with Gasteiger partial charge in [-0.05, 0) is 6.42 Å². The molecule has 0 aromatic heterocycles. The van der Waals surface area contributed by atoms with Gasteiger partial charge in [0.1, 0.15) is 5.57 Å². The first-order valence-corrected chi connectivity index (χ1v) is 5.72. The van der Waals surface area contributed by atoms with Crippen molar-refractivity contribution in [2.75, 3.05) is 6.61 Å². The van der Waals surface area contributed by atoms with Gasteiger partial charge in [-0.25, -0.2) is 4.79 Å². The van der Waals surface area contributed by atoms with E-state index in [1.807, 2.05) is 0 Å². The van der Waals surface area contributed by atoms with E-state index in [1.165, 1.54) is 0 Å². The molecule has 0 aromatic rings. The van der Waals surface area contributed by atoms with Crippen molar-refractivity contribution in [2.24, 2.45) is 0 Å². The van der Waals surface area contributed by atoms with Crippen LogP contribution in [0.5, 0.6) is 0 Å². The number of carbonyl (C=O) groups is 2. The zero-order chi connectivity index (χ0) is 12.4. The standard InChI is InChI=1S/C12H20O4/c1-3-5-6-7-8-16-12(15)10(9-13)11(14)4-2/h9,13H,3-8H2,1-2H3. The number of ketones is 1. The van der Waals surface area contributed by atoms with Crippen LogP contribution in [-0.4, -0.2) is 23.5 Å². The van der Waals surface area contributed by atoms with Crippen LogP contribution in [0, 0.1) is 0 Å². The summed E-state index contributed by atoms with van der Waals surface area (Å²) in [7, 11) is 0. The van der Waals surface area contributed by atoms with E-state index in [0.717, 1.165) is 25.7 Å². The third-order valence-corrected chi connectivity index (χ3v) is 2.20. The van der Waals surface area contributed by atoms with E-state index in [-0.39, 0.29) is 12.0 Å². The van der Waals surface area contributed by atoms with Crippen LogP contribution in [0.3, 0.4) is 0 Å². The third-order valence-electron chi connectivity index (χ3n) is 2.20. The highest BCUT2D eigenvalue weighted by Gasteiger charge is 2.17. The van der Waals surface area contributed by atoms with Gasteiger partial charge in [-0.2, -0.15) is 0 Å². The quantitative estimate of drug-likeness (QED) is 0.173. The first-order chi connectivity index (χ1) is 7.67. The van der Waals surface area contributed by atoms with E-state index in [4.69, 9.17) is 9.84 Å². The minimum absolute atomic E-state index is 0.178. The summed E-state index contributed by atoms with van der Waals surface area (Å²) in [6.07, 6.45) is 4.72. The summed E-state index contributed by atoms with van der Waals surface area (Å²) in [5.41, 5.74) is -0.266. The number of ether oxygens (including phenoxy) is 1. The molecule has 0 amide bonds. The van der Waals surface area contributed by atoms with Crippen LogP contribution in [0.25, 0.3) is 0 Å². The van der Waals surface area contributed by atoms with Gasteiger partial charge < -0.3 is 9.84 Å². The Hall–Kier alpha value is -1.32. The Morgan fingerprint density at radius 1 is 1.19 bits per heavy atom. The fourth-order valence-corrected chi connectivity index (χ4v) is 1.20. The molecule has 0 spiro atoms. The number of esters is 1. The summed E-state index contributed by atoms with van der Waals surface area (Å²) in [5, 5.41) is 8.76. The topological polar surface area (TPSA) is 63.6 Å². The van der Waals surface area contributed by atoms with Crippen molar-refractivity contribution in [3.8, 4) is 0 Å². The minimum Gasteiger partial charge on any atom is -0.515 e. The second kappa shape index (κ2) is 8.95. The van der Waals surface area contributed by atoms with Crippen LogP contribution in [0.1, 0.15) is 46.0 Å². The number of aliphatic hydroxyl groups is 1. The number of unbranched alkanes of at least 4 members (excludes halogenated alkanes) is 3. The molecule has 16 heavy (non-hydrogen) atoms. The Morgan fingerprint density at radius 3 is 2.38 bits per heavy atom. The molecule has 0 fully saturated rings. The lowest BCUT2D eigenvalue weighted by Gasteiger charge is -2.05. The highest BCUT2D eigenvalue weighted by molar-refractivity contribution is 6.16. The predicted octanol–water partition coefficient (Wildman–Crippen LogP) is 2.53. The Morgan fingerprint density at radius 2 is 1.88 bits per heavy atom. The van der Waals surface area contributed by atoms with E-state index in [2.05, 4.69) is 6.92 Å². The summed E-state index contributed by atoms with van der Waals surface area (Å²) in [5.74, 6) is -1.13. The van der Waals surface area contributed by atoms with E-state index in [0.29, 0.717) is 12.9 Å². The molecule has 0 aliphatic rings. The maximum absolute atomic E-state index is 11.3. The van der Waals surface area contributed by atoms with Crippen molar-refractivity contribution in [3.05, 3.63) is 11.8 Å². The number of carbonyl (C=O) groups excluding carboxylic acids is 2. The molecule has 92 valence electrons. The zero-order valence-electron chi connectivity index (χ0n) is 9.99. The van der Waals surface area contributed by atoms with E-state index >= 15 is 0 Å². The van der Waals surface area contributed by atoms with Crippen molar-refractivity contribution in [1.82, 2.24) is 0 Å². The molecule has 0 saturated heterocycles. The summed E-state index contributed by atoms with van der Waals surface area (Å²) < 4.78 is 4.88. The normalized spacial score (nSPS) is 11.2. The largest absolute Gasteiger partial charge is 0.515 e. The average Bonchev–Trinajstić information content (AvgIpc) is 2.29. The molecule has 0 atom stereocenters. The number of hydrogen-bond acceptors (Lipinski definition) is 4. The molecule has 0 saturated carbocycles. The molecule has 4 heteroatoms. The second-order valence-corrected chi connectivity index (χ2v) is 3.52. The van der Waals surface area contributed by atoms with Crippen molar-refractivity contribution < 1.29 is 19.4 Å². The predicted molar refractivity (Wildman–Crippen MR) is 61.1 cm³/mol. The zero-order valence-corrected chi connectivity index (χ0v) is 9.99. The Bertz CT molecular complexity index is 256. The number of aliphatic hydroxyl groups excluding tert-OH is 1. The number of rotatable bonds is 8. The lowest BCUT2D eigenvalue weighted by molar-refractivity contribution is -0.140. The molecule has 0 heterocycles. The first kappa shape index (κ1) is 14.7. The van der Waals surface area contributed by atoms with Crippen LogP contribution >= 0.6 is 0 Å².